The van der Waals surface area contributed by atoms with Crippen LogP contribution in [0.1, 0.15) is 12.5 Å². The fraction of sp³-hybridized carbons (Fsp3) is 0.276. The molecule has 0 spiro atoms. The molecule has 0 aliphatic carbocycles. The van der Waals surface area contributed by atoms with Crippen LogP contribution in [0.25, 0.3) is 6.08 Å². The lowest BCUT2D eigenvalue weighted by Crippen LogP contribution is -2.51. The predicted molar refractivity (Wildman–Crippen MR) is 147 cm³/mol. The first-order valence-electron chi connectivity index (χ1n) is 12.5. The van der Waals surface area contributed by atoms with Crippen molar-refractivity contribution >= 4 is 27.7 Å². The number of piperazine rings is 1. The summed E-state index contributed by atoms with van der Waals surface area (Å²) in [5.41, 5.74) is 1.61. The molecular weight excluding hydrogens is 486 g/mol. The van der Waals surface area contributed by atoms with Crippen LogP contribution in [0.3, 0.4) is 0 Å². The highest BCUT2D eigenvalue weighted by molar-refractivity contribution is 7.92. The summed E-state index contributed by atoms with van der Waals surface area (Å²) in [6.45, 7) is 5.51. The number of hydrogen-bond acceptors (Lipinski definition) is 5. The largest absolute Gasteiger partial charge is 0.494 e. The molecule has 0 atom stereocenters. The maximum absolute atomic E-state index is 13.6. The molecule has 8 heteroatoms. The molecule has 7 nitrogen and oxygen atoms in total. The van der Waals surface area contributed by atoms with Gasteiger partial charge < -0.3 is 9.64 Å². The lowest BCUT2D eigenvalue weighted by atomic mass is 10.2. The summed E-state index contributed by atoms with van der Waals surface area (Å²) in [4.78, 5) is 17.4. The molecule has 1 aliphatic heterocycles. The van der Waals surface area contributed by atoms with Crippen molar-refractivity contribution in [2.45, 2.75) is 11.8 Å². The first kappa shape index (κ1) is 26.4. The van der Waals surface area contributed by atoms with Crippen molar-refractivity contribution in [2.75, 3.05) is 50.2 Å². The molecule has 194 valence electrons. The van der Waals surface area contributed by atoms with E-state index in [4.69, 9.17) is 4.74 Å². The highest BCUT2D eigenvalue weighted by atomic mass is 32.2. The standard InChI is InChI=1S/C29H33N3O4S/c1-2-36-27-15-17-28(18-16-27)37(34,35)32(26-13-7-4-8-14-26)24-29(33)31-22-20-30(21-23-31)19-9-12-25-10-5-3-6-11-25/h3-18H,2,19-24H2,1H3/b12-9+. The van der Waals surface area contributed by atoms with Crippen LogP contribution in [0.2, 0.25) is 0 Å². The third-order valence-electron chi connectivity index (χ3n) is 6.24. The molecule has 0 radical (unpaired) electrons. The van der Waals surface area contributed by atoms with Crippen molar-refractivity contribution in [2.24, 2.45) is 0 Å². The van der Waals surface area contributed by atoms with Gasteiger partial charge in [-0.25, -0.2) is 8.42 Å². The fourth-order valence-electron chi connectivity index (χ4n) is 4.22. The highest BCUT2D eigenvalue weighted by Crippen LogP contribution is 2.25. The van der Waals surface area contributed by atoms with Gasteiger partial charge in [0.2, 0.25) is 5.91 Å². The Morgan fingerprint density at radius 1 is 0.892 bits per heavy atom. The zero-order valence-electron chi connectivity index (χ0n) is 21.1. The maximum Gasteiger partial charge on any atom is 0.264 e. The molecule has 0 N–H and O–H groups in total. The zero-order chi connectivity index (χ0) is 26.1. The van der Waals surface area contributed by atoms with Gasteiger partial charge in [-0.2, -0.15) is 0 Å². The summed E-state index contributed by atoms with van der Waals surface area (Å²) in [5, 5.41) is 0. The van der Waals surface area contributed by atoms with Gasteiger partial charge in [0.25, 0.3) is 10.0 Å². The van der Waals surface area contributed by atoms with Crippen molar-refractivity contribution in [1.82, 2.24) is 9.80 Å². The van der Waals surface area contributed by atoms with E-state index in [2.05, 4.69) is 29.2 Å². The van der Waals surface area contributed by atoms with E-state index in [9.17, 15) is 13.2 Å². The van der Waals surface area contributed by atoms with Crippen LogP contribution in [-0.2, 0) is 14.8 Å². The molecule has 37 heavy (non-hydrogen) atoms. The number of rotatable bonds is 10. The van der Waals surface area contributed by atoms with Gasteiger partial charge in [0.15, 0.2) is 0 Å². The van der Waals surface area contributed by atoms with E-state index < -0.39 is 10.0 Å². The van der Waals surface area contributed by atoms with Crippen molar-refractivity contribution in [3.05, 3.63) is 96.6 Å². The second-order valence-electron chi connectivity index (χ2n) is 8.75. The Kier molecular flexibility index (Phi) is 8.98. The van der Waals surface area contributed by atoms with Crippen molar-refractivity contribution in [1.29, 1.82) is 0 Å². The average Bonchev–Trinajstić information content (AvgIpc) is 2.93. The summed E-state index contributed by atoms with van der Waals surface area (Å²) < 4.78 is 33.8. The third kappa shape index (κ3) is 6.99. The molecule has 1 fully saturated rings. The van der Waals surface area contributed by atoms with Crippen molar-refractivity contribution in [3.8, 4) is 5.75 Å². The molecule has 0 bridgehead atoms. The molecular formula is C29H33N3O4S. The Bertz CT molecular complexity index is 1270. The van der Waals surface area contributed by atoms with Gasteiger partial charge in [-0.05, 0) is 48.9 Å². The van der Waals surface area contributed by atoms with E-state index in [1.54, 1.807) is 41.3 Å². The van der Waals surface area contributed by atoms with Crippen molar-refractivity contribution < 1.29 is 17.9 Å². The minimum absolute atomic E-state index is 0.114. The average molecular weight is 520 g/mol. The van der Waals surface area contributed by atoms with Crippen LogP contribution in [0.15, 0.2) is 95.9 Å². The molecule has 0 saturated carbocycles. The van der Waals surface area contributed by atoms with E-state index in [0.29, 0.717) is 31.1 Å². The molecule has 0 unspecified atom stereocenters. The highest BCUT2D eigenvalue weighted by Gasteiger charge is 2.30. The molecule has 3 aromatic rings. The Hall–Kier alpha value is -3.62. The Morgan fingerprint density at radius 2 is 1.51 bits per heavy atom. The quantitative estimate of drug-likeness (QED) is 0.403. The molecule has 1 saturated heterocycles. The van der Waals surface area contributed by atoms with Crippen LogP contribution >= 0.6 is 0 Å². The monoisotopic (exact) mass is 519 g/mol. The van der Waals surface area contributed by atoms with E-state index in [-0.39, 0.29) is 17.3 Å². The molecule has 0 aromatic heterocycles. The van der Waals surface area contributed by atoms with E-state index in [0.717, 1.165) is 25.2 Å². The summed E-state index contributed by atoms with van der Waals surface area (Å²) in [6, 6.07) is 25.2. The van der Waals surface area contributed by atoms with Crippen LogP contribution in [0, 0.1) is 0 Å². The van der Waals surface area contributed by atoms with Gasteiger partial charge in [-0.3, -0.25) is 14.0 Å². The summed E-state index contributed by atoms with van der Waals surface area (Å²) in [5.74, 6) is 0.387. The first-order chi connectivity index (χ1) is 18.0. The second-order valence-corrected chi connectivity index (χ2v) is 10.6. The molecule has 1 aliphatic rings. The number of sulfonamides is 1. The van der Waals surface area contributed by atoms with E-state index >= 15 is 0 Å². The van der Waals surface area contributed by atoms with Gasteiger partial charge in [-0.15, -0.1) is 0 Å². The van der Waals surface area contributed by atoms with Crippen LogP contribution in [0.5, 0.6) is 5.75 Å². The number of carbonyl (C=O) groups is 1. The van der Waals surface area contributed by atoms with Gasteiger partial charge in [0.1, 0.15) is 12.3 Å². The SMILES string of the molecule is CCOc1ccc(S(=O)(=O)N(CC(=O)N2CCN(C/C=C/c3ccccc3)CC2)c2ccccc2)cc1. The summed E-state index contributed by atoms with van der Waals surface area (Å²) >= 11 is 0. The first-order valence-corrected chi connectivity index (χ1v) is 13.9. The van der Waals surface area contributed by atoms with Crippen molar-refractivity contribution in [3.63, 3.8) is 0 Å². The minimum Gasteiger partial charge on any atom is -0.494 e. The van der Waals surface area contributed by atoms with Crippen LogP contribution in [-0.4, -0.2) is 70.0 Å². The molecule has 3 aromatic carbocycles. The van der Waals surface area contributed by atoms with Gasteiger partial charge in [0, 0.05) is 32.7 Å². The Labute approximate surface area is 219 Å². The fourth-order valence-corrected chi connectivity index (χ4v) is 5.63. The van der Waals surface area contributed by atoms with Gasteiger partial charge in [0.05, 0.1) is 17.2 Å². The maximum atomic E-state index is 13.6. The van der Waals surface area contributed by atoms with Gasteiger partial charge in [-0.1, -0.05) is 60.7 Å². The van der Waals surface area contributed by atoms with E-state index in [1.807, 2.05) is 31.2 Å². The predicted octanol–water partition coefficient (Wildman–Crippen LogP) is 4.14. The Morgan fingerprint density at radius 3 is 2.14 bits per heavy atom. The number of para-hydroxylation sites is 1. The second kappa shape index (κ2) is 12.6. The normalized spacial score (nSPS) is 14.6. The number of carbonyl (C=O) groups excluding carboxylic acids is 1. The number of benzene rings is 3. The number of hydrogen-bond donors (Lipinski definition) is 0. The molecule has 1 amide bonds. The smallest absolute Gasteiger partial charge is 0.264 e. The molecule has 4 rings (SSSR count). The van der Waals surface area contributed by atoms with Crippen LogP contribution < -0.4 is 9.04 Å². The minimum atomic E-state index is -3.96. The topological polar surface area (TPSA) is 70.2 Å². The Balaban J connectivity index is 1.41. The number of nitrogens with zero attached hydrogens (tertiary/aromatic N) is 3. The van der Waals surface area contributed by atoms with E-state index in [1.165, 1.54) is 16.4 Å². The van der Waals surface area contributed by atoms with Crippen LogP contribution in [0.4, 0.5) is 5.69 Å². The lowest BCUT2D eigenvalue weighted by Gasteiger charge is -2.35. The molecule has 1 heterocycles. The number of amides is 1. The third-order valence-corrected chi connectivity index (χ3v) is 8.03. The summed E-state index contributed by atoms with van der Waals surface area (Å²) in [7, 11) is -3.96. The zero-order valence-corrected chi connectivity index (χ0v) is 21.9. The number of ether oxygens (including phenoxy) is 1. The lowest BCUT2D eigenvalue weighted by molar-refractivity contribution is -0.131. The van der Waals surface area contributed by atoms with Gasteiger partial charge >= 0.3 is 0 Å². The summed E-state index contributed by atoms with van der Waals surface area (Å²) in [6.07, 6.45) is 4.23. The number of anilines is 1.